The molecule has 0 saturated carbocycles. The molecule has 0 radical (unpaired) electrons. The summed E-state index contributed by atoms with van der Waals surface area (Å²) in [5, 5.41) is 5.06. The fourth-order valence-electron chi connectivity index (χ4n) is 5.33. The van der Waals surface area contributed by atoms with Crippen molar-refractivity contribution in [2.45, 2.75) is 6.92 Å². The van der Waals surface area contributed by atoms with Gasteiger partial charge in [0.1, 0.15) is 5.01 Å². The summed E-state index contributed by atoms with van der Waals surface area (Å²) in [6.07, 6.45) is 2.15. The van der Waals surface area contributed by atoms with Crippen LogP contribution in [0.2, 0.25) is 0 Å². The molecule has 0 aliphatic carbocycles. The first-order valence-electron chi connectivity index (χ1n) is 13.3. The van der Waals surface area contributed by atoms with Gasteiger partial charge >= 0.3 is 0 Å². The average Bonchev–Trinajstić information content (AvgIpc) is 3.45. The van der Waals surface area contributed by atoms with Crippen LogP contribution in [0.1, 0.15) is 17.5 Å². The van der Waals surface area contributed by atoms with Crippen LogP contribution in [0.15, 0.2) is 146 Å². The minimum absolute atomic E-state index is 0.0475. The number of thiazole rings is 1. The van der Waals surface area contributed by atoms with E-state index >= 15 is 0 Å². The lowest BCUT2D eigenvalue weighted by molar-refractivity contribution is -0.110. The van der Waals surface area contributed by atoms with Crippen molar-refractivity contribution in [3.8, 4) is 0 Å². The molecule has 4 heteroatoms. The molecule has 0 unspecified atom stereocenters. The van der Waals surface area contributed by atoms with Crippen LogP contribution in [0.4, 0.5) is 0 Å². The summed E-state index contributed by atoms with van der Waals surface area (Å²) in [4.78, 5) is 19.4. The molecule has 2 nitrogen and oxygen atoms in total. The maximum atomic E-state index is 14.3. The van der Waals surface area contributed by atoms with Gasteiger partial charge in [0.15, 0.2) is 5.78 Å². The molecule has 1 aromatic heterocycles. The van der Waals surface area contributed by atoms with Gasteiger partial charge in [-0.05, 0) is 53.5 Å². The smallest absolute Gasteiger partial charge is 0.161 e. The van der Waals surface area contributed by atoms with Crippen LogP contribution in [0.25, 0.3) is 21.9 Å². The first-order valence-corrected chi connectivity index (χ1v) is 15.9. The van der Waals surface area contributed by atoms with E-state index in [1.807, 2.05) is 54.6 Å². The van der Waals surface area contributed by atoms with Crippen molar-refractivity contribution in [3.63, 3.8) is 0 Å². The number of nitrogens with zero attached hydrogens (tertiary/aromatic N) is 1. The summed E-state index contributed by atoms with van der Waals surface area (Å²) in [6, 6.07) is 50.0. The molecule has 194 valence electrons. The molecule has 0 N–H and O–H groups in total. The second-order valence-corrected chi connectivity index (χ2v) is 13.9. The Hall–Kier alpha value is -4.30. The lowest BCUT2D eigenvalue weighted by atomic mass is 10.1. The van der Waals surface area contributed by atoms with Crippen molar-refractivity contribution in [1.29, 1.82) is 0 Å². The minimum atomic E-state index is -2.66. The van der Waals surface area contributed by atoms with Crippen molar-refractivity contribution in [2.24, 2.45) is 0 Å². The van der Waals surface area contributed by atoms with Gasteiger partial charge in [0, 0.05) is 10.9 Å². The van der Waals surface area contributed by atoms with E-state index in [1.165, 1.54) is 0 Å². The summed E-state index contributed by atoms with van der Waals surface area (Å²) >= 11 is 1.64. The predicted octanol–water partition coefficient (Wildman–Crippen LogP) is 7.59. The number of fused-ring (bicyclic) bond motifs is 1. The molecule has 5 aromatic carbocycles. The van der Waals surface area contributed by atoms with Crippen LogP contribution >= 0.6 is 18.2 Å². The number of hydrogen-bond donors (Lipinski definition) is 0. The molecular weight excluding hydrogens is 525 g/mol. The van der Waals surface area contributed by atoms with Gasteiger partial charge in [-0.1, -0.05) is 133 Å². The van der Waals surface area contributed by atoms with Crippen molar-refractivity contribution in [1.82, 2.24) is 4.98 Å². The average molecular weight is 554 g/mol. The molecule has 0 fully saturated rings. The molecule has 0 atom stereocenters. The quantitative estimate of drug-likeness (QED) is 0.191. The molecule has 1 heterocycles. The van der Waals surface area contributed by atoms with Crippen LogP contribution in [0.3, 0.4) is 0 Å². The van der Waals surface area contributed by atoms with Crippen LogP contribution in [-0.2, 0) is 4.79 Å². The number of rotatable bonds is 7. The predicted molar refractivity (Wildman–Crippen MR) is 175 cm³/mol. The van der Waals surface area contributed by atoms with Gasteiger partial charge in [0.25, 0.3) is 0 Å². The van der Waals surface area contributed by atoms with Gasteiger partial charge in [-0.3, -0.25) is 4.79 Å². The highest BCUT2D eigenvalue weighted by Gasteiger charge is 2.34. The summed E-state index contributed by atoms with van der Waals surface area (Å²) in [7, 11) is 0. The van der Waals surface area contributed by atoms with E-state index < -0.39 is 6.89 Å². The van der Waals surface area contributed by atoms with Gasteiger partial charge in [-0.15, -0.1) is 11.3 Å². The zero-order valence-electron chi connectivity index (χ0n) is 22.1. The van der Waals surface area contributed by atoms with Gasteiger partial charge in [0.2, 0.25) is 0 Å². The molecule has 0 saturated heterocycles. The lowest BCUT2D eigenvalue weighted by Crippen LogP contribution is -2.33. The molecule has 0 aliphatic rings. The highest BCUT2D eigenvalue weighted by Crippen LogP contribution is 2.50. The van der Waals surface area contributed by atoms with E-state index in [4.69, 9.17) is 4.98 Å². The van der Waals surface area contributed by atoms with Crippen LogP contribution in [0, 0.1) is 0 Å². The van der Waals surface area contributed by atoms with Gasteiger partial charge in [-0.25, -0.2) is 4.98 Å². The third kappa shape index (κ3) is 4.79. The van der Waals surface area contributed by atoms with E-state index in [9.17, 15) is 4.79 Å². The highest BCUT2D eigenvalue weighted by atomic mass is 32.1. The molecule has 40 heavy (non-hydrogen) atoms. The second-order valence-electron chi connectivity index (χ2n) is 9.54. The second kappa shape index (κ2) is 11.4. The normalized spacial score (nSPS) is 11.9. The summed E-state index contributed by atoms with van der Waals surface area (Å²) in [5.74, 6) is 0.0475. The third-order valence-corrected chi connectivity index (χ3v) is 12.5. The SMILES string of the molecule is CC(=O)C(/C(=C/c1ccccc1)c1nc2ccccc2s1)=P(c1ccccc1)(c1ccccc1)c1ccccc1. The summed E-state index contributed by atoms with van der Waals surface area (Å²) in [6.45, 7) is -0.942. The number of carbonyl (C=O) groups excluding carboxylic acids is 1. The maximum absolute atomic E-state index is 14.3. The Morgan fingerprint density at radius 1 is 0.625 bits per heavy atom. The van der Waals surface area contributed by atoms with Gasteiger partial charge in [-0.2, -0.15) is 0 Å². The standard InChI is InChI=1S/C36H28NOPS/c1-27(38)35(32(26-28-16-6-2-7-17-28)36-37-33-24-14-15-25-34(33)40-36)39(29-18-8-3-9-19-29,30-20-10-4-11-21-30)31-22-12-5-13-23-31/h2-26H,1H3/b32-26-. The van der Waals surface area contributed by atoms with Crippen molar-refractivity contribution >= 4 is 67.1 Å². The fraction of sp³-hybridized carbons (Fsp3) is 0.0278. The molecule has 0 spiro atoms. The first-order chi connectivity index (χ1) is 19.7. The number of carbonyl (C=O) groups is 1. The fourth-order valence-corrected chi connectivity index (χ4v) is 10.9. The molecule has 0 amide bonds. The van der Waals surface area contributed by atoms with E-state index in [2.05, 4.69) is 97.1 Å². The van der Waals surface area contributed by atoms with Crippen molar-refractivity contribution < 1.29 is 4.79 Å². The number of ketones is 1. The molecule has 6 aromatic rings. The Labute approximate surface area is 239 Å². The Morgan fingerprint density at radius 2 is 1.07 bits per heavy atom. The number of aromatic nitrogens is 1. The zero-order chi connectivity index (χ0) is 27.4. The first kappa shape index (κ1) is 26.0. The summed E-state index contributed by atoms with van der Waals surface area (Å²) < 4.78 is 1.10. The van der Waals surface area contributed by atoms with Gasteiger partial charge < -0.3 is 0 Å². The Bertz CT molecular complexity index is 1720. The zero-order valence-corrected chi connectivity index (χ0v) is 23.9. The van der Waals surface area contributed by atoms with E-state index in [0.717, 1.165) is 47.6 Å². The van der Waals surface area contributed by atoms with Crippen LogP contribution in [-0.4, -0.2) is 16.1 Å². The van der Waals surface area contributed by atoms with Crippen LogP contribution in [0.5, 0.6) is 0 Å². The van der Waals surface area contributed by atoms with Crippen molar-refractivity contribution in [3.05, 3.63) is 156 Å². The molecule has 0 aliphatic heterocycles. The third-order valence-electron chi connectivity index (χ3n) is 6.99. The van der Waals surface area contributed by atoms with Crippen molar-refractivity contribution in [2.75, 3.05) is 0 Å². The summed E-state index contributed by atoms with van der Waals surface area (Å²) in [5.41, 5.74) is 2.85. The lowest BCUT2D eigenvalue weighted by Gasteiger charge is -2.33. The molecule has 6 rings (SSSR count). The minimum Gasteiger partial charge on any atom is -0.294 e. The molecule has 0 bridgehead atoms. The topological polar surface area (TPSA) is 30.0 Å². The number of para-hydroxylation sites is 1. The van der Waals surface area contributed by atoms with Gasteiger partial charge in [0.05, 0.1) is 10.2 Å². The monoisotopic (exact) mass is 553 g/mol. The highest BCUT2D eigenvalue weighted by molar-refractivity contribution is 7.97. The number of benzene rings is 5. The number of hydrogen-bond acceptors (Lipinski definition) is 3. The Kier molecular flexibility index (Phi) is 7.42. The van der Waals surface area contributed by atoms with E-state index in [-0.39, 0.29) is 5.78 Å². The van der Waals surface area contributed by atoms with Crippen LogP contribution < -0.4 is 15.9 Å². The van der Waals surface area contributed by atoms with E-state index in [1.54, 1.807) is 18.3 Å². The Balaban J connectivity index is 1.86. The number of Topliss-reactive ketones (excluding diaryl/α,β-unsaturated/α-hetero) is 1. The molecular formula is C36H28NOPS. The Morgan fingerprint density at radius 3 is 1.55 bits per heavy atom. The number of allylic oxidation sites excluding steroid dienone is 1. The maximum Gasteiger partial charge on any atom is 0.161 e. The van der Waals surface area contributed by atoms with E-state index in [0.29, 0.717) is 0 Å². The largest absolute Gasteiger partial charge is 0.294 e.